The van der Waals surface area contributed by atoms with Crippen molar-refractivity contribution in [3.8, 4) is 0 Å². The van der Waals surface area contributed by atoms with Crippen LogP contribution in [0.25, 0.3) is 0 Å². The molecular weight excluding hydrogens is 405 g/mol. The molecule has 11 heteroatoms. The van der Waals surface area contributed by atoms with Crippen molar-refractivity contribution < 1.29 is 9.90 Å². The third-order valence-electron chi connectivity index (χ3n) is 3.73. The second-order valence-electron chi connectivity index (χ2n) is 5.81. The summed E-state index contributed by atoms with van der Waals surface area (Å²) in [4.78, 5) is 19.4. The van der Waals surface area contributed by atoms with E-state index in [1.54, 1.807) is 24.4 Å². The first-order valence-corrected chi connectivity index (χ1v) is 8.94. The van der Waals surface area contributed by atoms with Gasteiger partial charge in [0.05, 0.1) is 30.7 Å². The van der Waals surface area contributed by atoms with Crippen LogP contribution in [0.3, 0.4) is 0 Å². The number of nitrogens with one attached hydrogen (secondary N) is 2. The van der Waals surface area contributed by atoms with Crippen LogP contribution >= 0.6 is 23.2 Å². The quantitative estimate of drug-likeness (QED) is 0.438. The van der Waals surface area contributed by atoms with Gasteiger partial charge >= 0.3 is 0 Å². The zero-order chi connectivity index (χ0) is 20.1. The van der Waals surface area contributed by atoms with E-state index in [0.29, 0.717) is 22.1 Å². The molecule has 0 saturated heterocycles. The molecule has 28 heavy (non-hydrogen) atoms. The fraction of sp³-hybridized carbons (Fsp3) is 0.176. The lowest BCUT2D eigenvalue weighted by Crippen LogP contribution is -2.18. The van der Waals surface area contributed by atoms with Crippen molar-refractivity contribution >= 4 is 46.6 Å². The summed E-state index contributed by atoms with van der Waals surface area (Å²) >= 11 is 12.4. The number of primary amides is 1. The second-order valence-corrected chi connectivity index (χ2v) is 6.62. The Morgan fingerprint density at radius 1 is 1.25 bits per heavy atom. The standard InChI is InChI=1S/C17H17Cl2N7O2/c18-12-4-2-1-3-11(12)14(9-27)24-16-13(19)6-21-17(25-16)23-10-5-22-26(7-10)8-15(20)28/h1-7,14,27H,8-9H2,(H2,20,28)(H2,21,23,24,25). The number of halogens is 2. The molecule has 9 nitrogen and oxygen atoms in total. The van der Waals surface area contributed by atoms with Crippen LogP contribution in [0.4, 0.5) is 17.5 Å². The van der Waals surface area contributed by atoms with E-state index < -0.39 is 11.9 Å². The summed E-state index contributed by atoms with van der Waals surface area (Å²) in [6.45, 7) is -0.251. The smallest absolute Gasteiger partial charge is 0.239 e. The summed E-state index contributed by atoms with van der Waals surface area (Å²) in [7, 11) is 0. The zero-order valence-electron chi connectivity index (χ0n) is 14.5. The van der Waals surface area contributed by atoms with Crippen molar-refractivity contribution in [2.45, 2.75) is 12.6 Å². The number of hydrogen-bond acceptors (Lipinski definition) is 7. The summed E-state index contributed by atoms with van der Waals surface area (Å²) < 4.78 is 1.39. The molecule has 0 spiro atoms. The van der Waals surface area contributed by atoms with E-state index >= 15 is 0 Å². The van der Waals surface area contributed by atoms with Gasteiger partial charge in [-0.3, -0.25) is 9.48 Å². The normalized spacial score (nSPS) is 11.8. The first-order chi connectivity index (χ1) is 13.5. The number of aliphatic hydroxyl groups is 1. The molecule has 0 aliphatic rings. The van der Waals surface area contributed by atoms with Crippen molar-refractivity contribution in [3.05, 3.63) is 58.5 Å². The molecule has 3 aromatic rings. The van der Waals surface area contributed by atoms with Gasteiger partial charge in [-0.05, 0) is 11.6 Å². The summed E-state index contributed by atoms with van der Waals surface area (Å²) in [6, 6.07) is 6.66. The highest BCUT2D eigenvalue weighted by Crippen LogP contribution is 2.28. The van der Waals surface area contributed by atoms with Crippen molar-refractivity contribution in [1.82, 2.24) is 19.7 Å². The SMILES string of the molecule is NC(=O)Cn1cc(Nc2ncc(Cl)c(NC(CO)c3ccccc3Cl)n2)cn1. The Balaban J connectivity index is 1.78. The fourth-order valence-electron chi connectivity index (χ4n) is 2.48. The van der Waals surface area contributed by atoms with Gasteiger partial charge in [-0.15, -0.1) is 0 Å². The van der Waals surface area contributed by atoms with Crippen LogP contribution in [-0.2, 0) is 11.3 Å². The van der Waals surface area contributed by atoms with Crippen molar-refractivity contribution in [3.63, 3.8) is 0 Å². The Morgan fingerprint density at radius 3 is 2.75 bits per heavy atom. The number of carbonyl (C=O) groups excluding carboxylic acids is 1. The van der Waals surface area contributed by atoms with Crippen LogP contribution in [0.1, 0.15) is 11.6 Å². The molecule has 0 radical (unpaired) electrons. The van der Waals surface area contributed by atoms with Gasteiger partial charge in [0.2, 0.25) is 11.9 Å². The number of rotatable bonds is 8. The molecule has 2 heterocycles. The van der Waals surface area contributed by atoms with Crippen LogP contribution in [0.15, 0.2) is 42.9 Å². The van der Waals surface area contributed by atoms with E-state index in [0.717, 1.165) is 0 Å². The average Bonchev–Trinajstić information content (AvgIpc) is 3.09. The minimum atomic E-state index is -0.507. The van der Waals surface area contributed by atoms with Gasteiger partial charge in [-0.1, -0.05) is 41.4 Å². The highest BCUT2D eigenvalue weighted by atomic mass is 35.5. The lowest BCUT2D eigenvalue weighted by atomic mass is 10.1. The molecule has 5 N–H and O–H groups in total. The monoisotopic (exact) mass is 421 g/mol. The number of amides is 1. The van der Waals surface area contributed by atoms with E-state index in [1.165, 1.54) is 17.1 Å². The zero-order valence-corrected chi connectivity index (χ0v) is 16.0. The number of aromatic nitrogens is 4. The molecule has 0 aliphatic heterocycles. The highest BCUT2D eigenvalue weighted by molar-refractivity contribution is 6.33. The fourth-order valence-corrected chi connectivity index (χ4v) is 2.89. The van der Waals surface area contributed by atoms with Crippen LogP contribution in [-0.4, -0.2) is 37.4 Å². The molecule has 3 rings (SSSR count). The Bertz CT molecular complexity index is 980. The van der Waals surface area contributed by atoms with Crippen molar-refractivity contribution in [2.75, 3.05) is 17.2 Å². The molecule has 1 amide bonds. The molecule has 2 aromatic heterocycles. The predicted octanol–water partition coefficient (Wildman–Crippen LogP) is 2.35. The van der Waals surface area contributed by atoms with Gasteiger partial charge < -0.3 is 21.5 Å². The van der Waals surface area contributed by atoms with E-state index in [1.807, 2.05) is 6.07 Å². The predicted molar refractivity (Wildman–Crippen MR) is 107 cm³/mol. The minimum Gasteiger partial charge on any atom is -0.394 e. The molecular formula is C17H17Cl2N7O2. The summed E-state index contributed by atoms with van der Waals surface area (Å²) in [5, 5.41) is 20.6. The Labute approximate surface area is 170 Å². The van der Waals surface area contributed by atoms with E-state index in [2.05, 4.69) is 25.7 Å². The highest BCUT2D eigenvalue weighted by Gasteiger charge is 2.16. The first-order valence-electron chi connectivity index (χ1n) is 8.18. The number of carbonyl (C=O) groups is 1. The van der Waals surface area contributed by atoms with E-state index in [9.17, 15) is 9.90 Å². The van der Waals surface area contributed by atoms with Crippen LogP contribution < -0.4 is 16.4 Å². The maximum absolute atomic E-state index is 11.0. The molecule has 1 unspecified atom stereocenters. The van der Waals surface area contributed by atoms with Crippen LogP contribution in [0.5, 0.6) is 0 Å². The van der Waals surface area contributed by atoms with Gasteiger partial charge in [0.1, 0.15) is 11.6 Å². The maximum Gasteiger partial charge on any atom is 0.239 e. The summed E-state index contributed by atoms with van der Waals surface area (Å²) in [5.41, 5.74) is 6.42. The molecule has 0 bridgehead atoms. The number of hydrogen-bond donors (Lipinski definition) is 4. The van der Waals surface area contributed by atoms with Crippen molar-refractivity contribution in [2.24, 2.45) is 5.73 Å². The largest absolute Gasteiger partial charge is 0.394 e. The van der Waals surface area contributed by atoms with Crippen LogP contribution in [0.2, 0.25) is 10.0 Å². The molecule has 146 valence electrons. The Morgan fingerprint density at radius 2 is 2.04 bits per heavy atom. The molecule has 0 saturated carbocycles. The number of aliphatic hydroxyl groups excluding tert-OH is 1. The maximum atomic E-state index is 11.0. The van der Waals surface area contributed by atoms with E-state index in [-0.39, 0.29) is 24.1 Å². The third-order valence-corrected chi connectivity index (χ3v) is 4.35. The molecule has 0 aliphatic carbocycles. The molecule has 0 fully saturated rings. The van der Waals surface area contributed by atoms with Gasteiger partial charge in [-0.25, -0.2) is 4.98 Å². The number of nitrogens with two attached hydrogens (primary N) is 1. The lowest BCUT2D eigenvalue weighted by molar-refractivity contribution is -0.118. The van der Waals surface area contributed by atoms with E-state index in [4.69, 9.17) is 28.9 Å². The average molecular weight is 422 g/mol. The first kappa shape index (κ1) is 19.9. The van der Waals surface area contributed by atoms with Crippen molar-refractivity contribution in [1.29, 1.82) is 0 Å². The minimum absolute atomic E-state index is 0.0357. The topological polar surface area (TPSA) is 131 Å². The molecule has 1 atom stereocenters. The Kier molecular flexibility index (Phi) is 6.30. The third kappa shape index (κ3) is 4.89. The van der Waals surface area contributed by atoms with Gasteiger partial charge in [-0.2, -0.15) is 10.1 Å². The van der Waals surface area contributed by atoms with Gasteiger partial charge in [0.25, 0.3) is 0 Å². The number of benzene rings is 1. The molecule has 1 aromatic carbocycles. The second kappa shape index (κ2) is 8.87. The summed E-state index contributed by atoms with van der Waals surface area (Å²) in [5.74, 6) is 0.0718. The van der Waals surface area contributed by atoms with Gasteiger partial charge in [0.15, 0.2) is 5.82 Å². The number of anilines is 3. The van der Waals surface area contributed by atoms with Crippen LogP contribution in [0, 0.1) is 0 Å². The van der Waals surface area contributed by atoms with Gasteiger partial charge in [0, 0.05) is 11.2 Å². The Hall–Kier alpha value is -2.88. The summed E-state index contributed by atoms with van der Waals surface area (Å²) in [6.07, 6.45) is 4.53. The lowest BCUT2D eigenvalue weighted by Gasteiger charge is -2.19. The number of nitrogens with zero attached hydrogens (tertiary/aromatic N) is 4.